The van der Waals surface area contributed by atoms with Crippen molar-refractivity contribution in [1.82, 2.24) is 0 Å². The van der Waals surface area contributed by atoms with E-state index in [4.69, 9.17) is 34.8 Å². The normalized spacial score (nSPS) is 23.3. The summed E-state index contributed by atoms with van der Waals surface area (Å²) in [7, 11) is 0. The van der Waals surface area contributed by atoms with Crippen molar-refractivity contribution in [2.24, 2.45) is 0 Å². The molecule has 0 aromatic rings. The molecule has 10 heteroatoms. The third kappa shape index (κ3) is 10.1. The Morgan fingerprint density at radius 2 is 0.613 bits per heavy atom. The molecule has 6 nitrogen and oxygen atoms in total. The molecule has 0 amide bonds. The number of carboxylic acid groups (broad SMARTS) is 3. The molecular formula is C21H30AlCl3O6. The topological polar surface area (TPSA) is 120 Å². The fourth-order valence-electron chi connectivity index (χ4n) is 3.95. The molecule has 0 unspecified atom stereocenters. The van der Waals surface area contributed by atoms with Crippen LogP contribution < -0.4 is 15.3 Å². The standard InChI is InChI=1S/3C7H11ClO2.Al/c3*8-7(6(9)10)4-2-1-3-5-7;/h3*1-5H2,(H,9,10);/q;;;+3/p-3. The van der Waals surface area contributed by atoms with Crippen molar-refractivity contribution in [2.75, 3.05) is 0 Å². The van der Waals surface area contributed by atoms with Gasteiger partial charge in [0.05, 0.1) is 32.5 Å². The molecule has 3 rings (SSSR count). The van der Waals surface area contributed by atoms with Gasteiger partial charge in [-0.05, 0) is 38.5 Å². The second-order valence-corrected chi connectivity index (χ2v) is 10.6. The Kier molecular flexibility index (Phi) is 14.1. The second-order valence-electron chi connectivity index (χ2n) is 8.44. The van der Waals surface area contributed by atoms with E-state index in [0.717, 1.165) is 57.8 Å². The molecule has 0 N–H and O–H groups in total. The molecule has 0 heterocycles. The molecule has 174 valence electrons. The van der Waals surface area contributed by atoms with Gasteiger partial charge in [0.25, 0.3) is 0 Å². The number of hydrogen-bond acceptors (Lipinski definition) is 6. The maximum Gasteiger partial charge on any atom is 3.00 e. The van der Waals surface area contributed by atoms with E-state index in [1.165, 1.54) is 0 Å². The summed E-state index contributed by atoms with van der Waals surface area (Å²) in [6, 6.07) is 0. The fourth-order valence-corrected chi connectivity index (χ4v) is 4.75. The van der Waals surface area contributed by atoms with Gasteiger partial charge in [-0.15, -0.1) is 34.8 Å². The van der Waals surface area contributed by atoms with E-state index < -0.39 is 32.5 Å². The predicted molar refractivity (Wildman–Crippen MR) is 116 cm³/mol. The van der Waals surface area contributed by atoms with Gasteiger partial charge in [-0.2, -0.15) is 0 Å². The number of rotatable bonds is 3. The van der Waals surface area contributed by atoms with Crippen molar-refractivity contribution in [2.45, 2.75) is 111 Å². The molecule has 31 heavy (non-hydrogen) atoms. The van der Waals surface area contributed by atoms with Crippen LogP contribution >= 0.6 is 34.8 Å². The summed E-state index contributed by atoms with van der Waals surface area (Å²) < 4.78 is 0. The first kappa shape index (κ1) is 30.8. The second kappa shape index (κ2) is 14.2. The van der Waals surface area contributed by atoms with Gasteiger partial charge < -0.3 is 29.7 Å². The Bertz CT molecular complexity index is 503. The van der Waals surface area contributed by atoms with Crippen LogP contribution in [0.1, 0.15) is 96.3 Å². The van der Waals surface area contributed by atoms with Crippen LogP contribution in [0.5, 0.6) is 0 Å². The van der Waals surface area contributed by atoms with Gasteiger partial charge in [-0.25, -0.2) is 0 Å². The van der Waals surface area contributed by atoms with E-state index in [0.29, 0.717) is 38.5 Å². The maximum absolute atomic E-state index is 10.4. The van der Waals surface area contributed by atoms with Gasteiger partial charge in [0.2, 0.25) is 0 Å². The van der Waals surface area contributed by atoms with Gasteiger partial charge in [0.1, 0.15) is 0 Å². The van der Waals surface area contributed by atoms with Gasteiger partial charge in [0, 0.05) is 0 Å². The van der Waals surface area contributed by atoms with Crippen molar-refractivity contribution < 1.29 is 29.7 Å². The Labute approximate surface area is 210 Å². The Hall–Kier alpha value is -0.188. The zero-order valence-electron chi connectivity index (χ0n) is 17.8. The number of carbonyl (C=O) groups excluding carboxylic acids is 3. The van der Waals surface area contributed by atoms with Gasteiger partial charge in [0.15, 0.2) is 0 Å². The van der Waals surface area contributed by atoms with E-state index in [2.05, 4.69) is 0 Å². The van der Waals surface area contributed by atoms with Crippen LogP contribution in [0.4, 0.5) is 0 Å². The molecule has 0 spiro atoms. The quantitative estimate of drug-likeness (QED) is 0.420. The first-order valence-electron chi connectivity index (χ1n) is 10.7. The predicted octanol–water partition coefficient (Wildman–Crippen LogP) is 1.65. The van der Waals surface area contributed by atoms with Crippen molar-refractivity contribution >= 4 is 70.1 Å². The summed E-state index contributed by atoms with van der Waals surface area (Å²) in [5, 5.41) is 31.3. The summed E-state index contributed by atoms with van der Waals surface area (Å²) in [5.74, 6) is -3.31. The minimum Gasteiger partial charge on any atom is -0.548 e. The molecule has 0 radical (unpaired) electrons. The summed E-state index contributed by atoms with van der Waals surface area (Å²) in [6.45, 7) is 0. The molecule has 0 saturated heterocycles. The molecule has 3 saturated carbocycles. The first-order valence-corrected chi connectivity index (χ1v) is 11.8. The van der Waals surface area contributed by atoms with E-state index in [1.54, 1.807) is 0 Å². The van der Waals surface area contributed by atoms with Gasteiger partial charge in [-0.1, -0.05) is 57.8 Å². The minimum atomic E-state index is -1.10. The van der Waals surface area contributed by atoms with E-state index in [-0.39, 0.29) is 17.4 Å². The number of carbonyl (C=O) groups is 3. The van der Waals surface area contributed by atoms with Crippen molar-refractivity contribution in [3.63, 3.8) is 0 Å². The van der Waals surface area contributed by atoms with Crippen molar-refractivity contribution in [1.29, 1.82) is 0 Å². The summed E-state index contributed by atoms with van der Waals surface area (Å²) >= 11 is 17.2. The Balaban J connectivity index is 0.000000429. The number of alkyl halides is 3. The largest absolute Gasteiger partial charge is 3.00 e. The van der Waals surface area contributed by atoms with E-state index in [9.17, 15) is 29.7 Å². The van der Waals surface area contributed by atoms with Gasteiger partial charge in [-0.3, -0.25) is 0 Å². The van der Waals surface area contributed by atoms with E-state index in [1.807, 2.05) is 0 Å². The van der Waals surface area contributed by atoms with Gasteiger partial charge >= 0.3 is 17.4 Å². The van der Waals surface area contributed by atoms with Crippen molar-refractivity contribution in [3.8, 4) is 0 Å². The average Bonchev–Trinajstić information content (AvgIpc) is 2.70. The smallest absolute Gasteiger partial charge is 0.548 e. The van der Waals surface area contributed by atoms with E-state index >= 15 is 0 Å². The number of carboxylic acids is 3. The van der Waals surface area contributed by atoms with Crippen LogP contribution in [0.3, 0.4) is 0 Å². The molecular weight excluding hydrogens is 482 g/mol. The average molecular weight is 512 g/mol. The van der Waals surface area contributed by atoms with Crippen LogP contribution in [-0.4, -0.2) is 49.9 Å². The molecule has 3 fully saturated rings. The molecule has 0 aromatic carbocycles. The maximum atomic E-state index is 10.4. The third-order valence-electron chi connectivity index (χ3n) is 6.04. The minimum absolute atomic E-state index is 0. The summed E-state index contributed by atoms with van der Waals surface area (Å²) in [4.78, 5) is 28.2. The third-order valence-corrected chi connectivity index (χ3v) is 7.63. The summed E-state index contributed by atoms with van der Waals surface area (Å²) in [5.41, 5.74) is 0. The zero-order valence-corrected chi connectivity index (χ0v) is 21.2. The fraction of sp³-hybridized carbons (Fsp3) is 0.857. The molecule has 0 atom stereocenters. The van der Waals surface area contributed by atoms with Crippen molar-refractivity contribution in [3.05, 3.63) is 0 Å². The van der Waals surface area contributed by atoms with Crippen LogP contribution in [0.25, 0.3) is 0 Å². The Morgan fingerprint density at radius 1 is 0.452 bits per heavy atom. The summed E-state index contributed by atoms with van der Waals surface area (Å²) in [6.07, 6.45) is 12.2. The first-order chi connectivity index (χ1) is 14.0. The van der Waals surface area contributed by atoms with Crippen LogP contribution in [-0.2, 0) is 14.4 Å². The molecule has 3 aliphatic carbocycles. The Morgan fingerprint density at radius 3 is 0.710 bits per heavy atom. The molecule has 0 aliphatic heterocycles. The molecule has 0 aromatic heterocycles. The van der Waals surface area contributed by atoms with Crippen LogP contribution in [0.2, 0.25) is 0 Å². The SMILES string of the molecule is O=C([O-])C1(Cl)CCCCC1.O=C([O-])C1(Cl)CCCCC1.O=C([O-])C1(Cl)CCCCC1.[Al+3]. The number of aliphatic carboxylic acids is 3. The zero-order chi connectivity index (χ0) is 22.8. The monoisotopic (exact) mass is 510 g/mol. The van der Waals surface area contributed by atoms with Crippen LogP contribution in [0, 0.1) is 0 Å². The molecule has 3 aliphatic rings. The molecule has 0 bridgehead atoms. The number of hydrogen-bond donors (Lipinski definition) is 0. The number of halogens is 3. The van der Waals surface area contributed by atoms with Crippen LogP contribution in [0.15, 0.2) is 0 Å².